The first kappa shape index (κ1) is 10.8. The monoisotopic (exact) mass is 236 g/mol. The molecule has 0 bridgehead atoms. The first-order valence-electron chi connectivity index (χ1n) is 4.80. The number of rotatable bonds is 2. The van der Waals surface area contributed by atoms with Crippen molar-refractivity contribution in [2.45, 2.75) is 12.5 Å². The molecule has 1 aromatic rings. The maximum atomic E-state index is 11.5. The highest BCUT2D eigenvalue weighted by atomic mass is 35.5. The number of halogens is 1. The van der Waals surface area contributed by atoms with E-state index in [-0.39, 0.29) is 12.5 Å². The highest BCUT2D eigenvalue weighted by molar-refractivity contribution is 6.30. The molecule has 1 atom stereocenters. The second-order valence-electron chi connectivity index (χ2n) is 3.44. The summed E-state index contributed by atoms with van der Waals surface area (Å²) in [6, 6.07) is 7.09. The van der Waals surface area contributed by atoms with E-state index in [1.54, 1.807) is 18.2 Å². The Bertz CT molecular complexity index is 468. The van der Waals surface area contributed by atoms with Gasteiger partial charge in [-0.2, -0.15) is 5.26 Å². The molecule has 0 spiro atoms. The molecule has 0 saturated carbocycles. The molecule has 1 aliphatic heterocycles. The number of hydrogen-bond acceptors (Lipinski definition) is 3. The Morgan fingerprint density at radius 1 is 1.69 bits per heavy atom. The second kappa shape index (κ2) is 4.42. The summed E-state index contributed by atoms with van der Waals surface area (Å²) in [5.41, 5.74) is 0.921. The van der Waals surface area contributed by atoms with Gasteiger partial charge in [-0.3, -0.25) is 4.79 Å². The van der Waals surface area contributed by atoms with Crippen LogP contribution < -0.4 is 10.1 Å². The van der Waals surface area contributed by atoms with Crippen molar-refractivity contribution in [2.75, 3.05) is 6.54 Å². The summed E-state index contributed by atoms with van der Waals surface area (Å²) >= 11 is 5.84. The van der Waals surface area contributed by atoms with Crippen molar-refractivity contribution >= 4 is 17.5 Å². The summed E-state index contributed by atoms with van der Waals surface area (Å²) in [7, 11) is 0. The normalized spacial score (nSPS) is 17.1. The van der Waals surface area contributed by atoms with E-state index in [9.17, 15) is 4.79 Å². The number of benzene rings is 1. The third-order valence-corrected chi connectivity index (χ3v) is 2.57. The molecule has 0 saturated heterocycles. The van der Waals surface area contributed by atoms with Crippen molar-refractivity contribution in [3.05, 3.63) is 28.8 Å². The molecule has 5 heteroatoms. The summed E-state index contributed by atoms with van der Waals surface area (Å²) in [5, 5.41) is 11.4. The number of nitrogens with one attached hydrogen (secondary N) is 1. The van der Waals surface area contributed by atoms with Crippen molar-refractivity contribution in [1.82, 2.24) is 5.32 Å². The lowest BCUT2D eigenvalue weighted by Gasteiger charge is -2.08. The van der Waals surface area contributed by atoms with Gasteiger partial charge in [0.2, 0.25) is 0 Å². The SMILES string of the molecule is N#CCNC(=O)[C@H]1Cc2cc(Cl)ccc2O1. The predicted molar refractivity (Wildman–Crippen MR) is 58.2 cm³/mol. The molecule has 0 fully saturated rings. The number of carbonyl (C=O) groups is 1. The van der Waals surface area contributed by atoms with Crippen LogP contribution in [-0.2, 0) is 11.2 Å². The molecule has 1 aromatic carbocycles. The van der Waals surface area contributed by atoms with Crippen molar-refractivity contribution in [2.24, 2.45) is 0 Å². The fourth-order valence-corrected chi connectivity index (χ4v) is 1.80. The van der Waals surface area contributed by atoms with Gasteiger partial charge in [0.1, 0.15) is 12.3 Å². The van der Waals surface area contributed by atoms with E-state index in [4.69, 9.17) is 21.6 Å². The van der Waals surface area contributed by atoms with E-state index in [1.165, 1.54) is 0 Å². The average molecular weight is 237 g/mol. The summed E-state index contributed by atoms with van der Waals surface area (Å²) in [4.78, 5) is 11.5. The van der Waals surface area contributed by atoms with E-state index < -0.39 is 6.10 Å². The van der Waals surface area contributed by atoms with Gasteiger partial charge in [0.05, 0.1) is 6.07 Å². The minimum Gasteiger partial charge on any atom is -0.480 e. The van der Waals surface area contributed by atoms with Crippen LogP contribution >= 0.6 is 11.6 Å². The van der Waals surface area contributed by atoms with Gasteiger partial charge in [-0.25, -0.2) is 0 Å². The van der Waals surface area contributed by atoms with Gasteiger partial charge in [-0.15, -0.1) is 0 Å². The van der Waals surface area contributed by atoms with Gasteiger partial charge in [-0.05, 0) is 23.8 Å². The first-order chi connectivity index (χ1) is 7.70. The quantitative estimate of drug-likeness (QED) is 0.787. The lowest BCUT2D eigenvalue weighted by Crippen LogP contribution is -2.37. The van der Waals surface area contributed by atoms with E-state index in [0.717, 1.165) is 5.56 Å². The molecule has 1 heterocycles. The Kier molecular flexibility index (Phi) is 2.97. The van der Waals surface area contributed by atoms with Gasteiger partial charge in [0.25, 0.3) is 5.91 Å². The van der Waals surface area contributed by atoms with Crippen LogP contribution in [0.3, 0.4) is 0 Å². The molecule has 1 N–H and O–H groups in total. The second-order valence-corrected chi connectivity index (χ2v) is 3.88. The fourth-order valence-electron chi connectivity index (χ4n) is 1.60. The summed E-state index contributed by atoms with van der Waals surface area (Å²) in [6.45, 7) is -0.00417. The molecule has 2 rings (SSSR count). The fraction of sp³-hybridized carbons (Fsp3) is 0.273. The van der Waals surface area contributed by atoms with Crippen LogP contribution in [0.1, 0.15) is 5.56 Å². The van der Waals surface area contributed by atoms with Crippen LogP contribution in [0.4, 0.5) is 0 Å². The van der Waals surface area contributed by atoms with Crippen LogP contribution in [0.2, 0.25) is 5.02 Å². The standard InChI is InChI=1S/C11H9ClN2O2/c12-8-1-2-9-7(5-8)6-10(16-9)11(15)14-4-3-13/h1-2,5,10H,4,6H2,(H,14,15)/t10-/m1/s1. The number of amides is 1. The zero-order valence-electron chi connectivity index (χ0n) is 8.37. The molecule has 0 aromatic heterocycles. The minimum absolute atomic E-state index is 0.00417. The molecule has 0 unspecified atom stereocenters. The Labute approximate surface area is 97.8 Å². The van der Waals surface area contributed by atoms with Crippen molar-refractivity contribution < 1.29 is 9.53 Å². The van der Waals surface area contributed by atoms with E-state index >= 15 is 0 Å². The van der Waals surface area contributed by atoms with Gasteiger partial charge in [0.15, 0.2) is 6.10 Å². The lowest BCUT2D eigenvalue weighted by molar-refractivity contribution is -0.126. The van der Waals surface area contributed by atoms with Crippen LogP contribution in [0.5, 0.6) is 5.75 Å². The summed E-state index contributed by atoms with van der Waals surface area (Å²) < 4.78 is 5.44. The third-order valence-electron chi connectivity index (χ3n) is 2.33. The zero-order chi connectivity index (χ0) is 11.5. The predicted octanol–water partition coefficient (Wildman–Crippen LogP) is 1.28. The van der Waals surface area contributed by atoms with Crippen molar-refractivity contribution in [1.29, 1.82) is 5.26 Å². The van der Waals surface area contributed by atoms with Crippen LogP contribution in [0.25, 0.3) is 0 Å². The van der Waals surface area contributed by atoms with Crippen molar-refractivity contribution in [3.63, 3.8) is 0 Å². The highest BCUT2D eigenvalue weighted by Crippen LogP contribution is 2.30. The van der Waals surface area contributed by atoms with Crippen LogP contribution in [-0.4, -0.2) is 18.6 Å². The van der Waals surface area contributed by atoms with Gasteiger partial charge >= 0.3 is 0 Å². The summed E-state index contributed by atoms with van der Waals surface area (Å²) in [6.07, 6.45) is -0.0607. The molecule has 1 amide bonds. The molecule has 82 valence electrons. The van der Waals surface area contributed by atoms with Gasteiger partial charge < -0.3 is 10.1 Å². The Hall–Kier alpha value is -1.73. The van der Waals surface area contributed by atoms with Crippen molar-refractivity contribution in [3.8, 4) is 11.8 Å². The smallest absolute Gasteiger partial charge is 0.262 e. The van der Waals surface area contributed by atoms with Crippen LogP contribution in [0.15, 0.2) is 18.2 Å². The highest BCUT2D eigenvalue weighted by Gasteiger charge is 2.28. The molecule has 0 radical (unpaired) electrons. The maximum Gasteiger partial charge on any atom is 0.262 e. The molecular formula is C11H9ClN2O2. The summed E-state index contributed by atoms with van der Waals surface area (Å²) in [5.74, 6) is 0.412. The lowest BCUT2D eigenvalue weighted by atomic mass is 10.1. The van der Waals surface area contributed by atoms with Gasteiger partial charge in [0, 0.05) is 11.4 Å². The topological polar surface area (TPSA) is 62.1 Å². The average Bonchev–Trinajstić information content (AvgIpc) is 2.68. The number of fused-ring (bicyclic) bond motifs is 1. The van der Waals surface area contributed by atoms with Crippen LogP contribution in [0, 0.1) is 11.3 Å². The number of nitriles is 1. The molecule has 16 heavy (non-hydrogen) atoms. The maximum absolute atomic E-state index is 11.5. The minimum atomic E-state index is -0.554. The number of carbonyl (C=O) groups excluding carboxylic acids is 1. The van der Waals surface area contributed by atoms with Gasteiger partial charge in [-0.1, -0.05) is 11.6 Å². The number of nitrogens with zero attached hydrogens (tertiary/aromatic N) is 1. The third kappa shape index (κ3) is 2.10. The Morgan fingerprint density at radius 3 is 3.25 bits per heavy atom. The first-order valence-corrected chi connectivity index (χ1v) is 5.18. The van der Waals surface area contributed by atoms with E-state index in [1.807, 2.05) is 6.07 Å². The molecule has 1 aliphatic rings. The van der Waals surface area contributed by atoms with E-state index in [0.29, 0.717) is 17.2 Å². The largest absolute Gasteiger partial charge is 0.480 e. The Morgan fingerprint density at radius 2 is 2.50 bits per heavy atom. The Balaban J connectivity index is 2.05. The zero-order valence-corrected chi connectivity index (χ0v) is 9.12. The molecule has 4 nitrogen and oxygen atoms in total. The molecule has 0 aliphatic carbocycles. The number of ether oxygens (including phenoxy) is 1. The number of hydrogen-bond donors (Lipinski definition) is 1. The molecular weight excluding hydrogens is 228 g/mol. The van der Waals surface area contributed by atoms with E-state index in [2.05, 4.69) is 5.32 Å².